The molecule has 168 valence electrons. The number of hydrogen-bond acceptors (Lipinski definition) is 2. The van der Waals surface area contributed by atoms with Crippen molar-refractivity contribution in [1.82, 2.24) is 0 Å². The van der Waals surface area contributed by atoms with Gasteiger partial charge in [0.15, 0.2) is 0 Å². The molecule has 0 aliphatic heterocycles. The van der Waals surface area contributed by atoms with Gasteiger partial charge in [-0.25, -0.2) is 0 Å². The van der Waals surface area contributed by atoms with Crippen LogP contribution in [0.25, 0.3) is 0 Å². The molecule has 4 nitrogen and oxygen atoms in total. The van der Waals surface area contributed by atoms with E-state index in [9.17, 15) is 35.9 Å². The number of benzene rings is 2. The lowest BCUT2D eigenvalue weighted by Crippen LogP contribution is -2.54. The average Bonchev–Trinajstić information content (AvgIpc) is 2.57. The summed E-state index contributed by atoms with van der Waals surface area (Å²) in [6.07, 6.45) is -11.7. The fourth-order valence-corrected chi connectivity index (χ4v) is 3.52. The van der Waals surface area contributed by atoms with Gasteiger partial charge in [-0.1, -0.05) is 35.3 Å². The fraction of sp³-hybridized carbons (Fsp3) is 0.263. The van der Waals surface area contributed by atoms with Crippen molar-refractivity contribution in [2.24, 2.45) is 0 Å². The highest BCUT2D eigenvalue weighted by Gasteiger charge is 2.72. The molecule has 0 aliphatic carbocycles. The second-order valence-electron chi connectivity index (χ2n) is 6.50. The van der Waals surface area contributed by atoms with Crippen molar-refractivity contribution in [3.05, 3.63) is 57.6 Å². The Balaban J connectivity index is 2.84. The number of rotatable bonds is 4. The molecule has 0 saturated carbocycles. The minimum Gasteiger partial charge on any atom is -0.325 e. The van der Waals surface area contributed by atoms with E-state index in [1.54, 1.807) is 0 Å². The van der Waals surface area contributed by atoms with E-state index in [0.717, 1.165) is 26.0 Å². The number of amides is 2. The molecule has 2 N–H and O–H groups in total. The number of carbonyl (C=O) groups excluding carboxylic acids is 2. The van der Waals surface area contributed by atoms with Crippen LogP contribution in [0.15, 0.2) is 36.4 Å². The van der Waals surface area contributed by atoms with Crippen molar-refractivity contribution in [3.8, 4) is 0 Å². The Hall–Kier alpha value is -2.46. The number of halogens is 8. The molecule has 2 amide bonds. The fourth-order valence-electron chi connectivity index (χ4n) is 3.06. The van der Waals surface area contributed by atoms with Gasteiger partial charge >= 0.3 is 12.4 Å². The maximum absolute atomic E-state index is 14.2. The normalized spacial score (nSPS) is 12.5. The summed E-state index contributed by atoms with van der Waals surface area (Å²) in [5.74, 6) is -1.24. The molecule has 0 saturated heterocycles. The van der Waals surface area contributed by atoms with E-state index in [4.69, 9.17) is 23.2 Å². The molecule has 12 heteroatoms. The van der Waals surface area contributed by atoms with Gasteiger partial charge in [0.25, 0.3) is 0 Å². The lowest BCUT2D eigenvalue weighted by molar-refractivity contribution is -0.288. The molecule has 0 unspecified atom stereocenters. The molecule has 2 rings (SSSR count). The number of hydrogen-bond donors (Lipinski definition) is 2. The van der Waals surface area contributed by atoms with Gasteiger partial charge in [-0.05, 0) is 35.4 Å². The number of alkyl halides is 6. The molecule has 31 heavy (non-hydrogen) atoms. The molecule has 0 aliphatic rings. The first-order chi connectivity index (χ1) is 14.1. The predicted molar refractivity (Wildman–Crippen MR) is 104 cm³/mol. The summed E-state index contributed by atoms with van der Waals surface area (Å²) in [6.45, 7) is 2.19. The van der Waals surface area contributed by atoms with Crippen LogP contribution in [0.1, 0.15) is 25.0 Å². The zero-order valence-corrected chi connectivity index (χ0v) is 17.3. The van der Waals surface area contributed by atoms with Crippen LogP contribution in [-0.4, -0.2) is 24.2 Å². The van der Waals surface area contributed by atoms with E-state index < -0.39 is 50.8 Å². The van der Waals surface area contributed by atoms with Crippen LogP contribution < -0.4 is 10.6 Å². The highest BCUT2D eigenvalue weighted by molar-refractivity contribution is 6.34. The van der Waals surface area contributed by atoms with Crippen molar-refractivity contribution < 1.29 is 35.9 Å². The SMILES string of the molecule is CC(=O)Nc1ccc(C(c2ccc(NC(C)=O)c(Cl)c2)(C(F)(F)F)C(F)(F)F)cc1Cl. The van der Waals surface area contributed by atoms with E-state index in [1.807, 2.05) is 0 Å². The van der Waals surface area contributed by atoms with E-state index in [2.05, 4.69) is 10.6 Å². The van der Waals surface area contributed by atoms with Crippen LogP contribution in [0.2, 0.25) is 10.0 Å². The monoisotopic (exact) mass is 486 g/mol. The third-order valence-electron chi connectivity index (χ3n) is 4.28. The first-order valence-electron chi connectivity index (χ1n) is 8.40. The van der Waals surface area contributed by atoms with Gasteiger partial charge in [0.2, 0.25) is 17.2 Å². The molecule has 0 atom stereocenters. The molecule has 2 aromatic carbocycles. The van der Waals surface area contributed by atoms with Crippen LogP contribution in [0.4, 0.5) is 37.7 Å². The third kappa shape index (κ3) is 4.74. The zero-order chi connectivity index (χ0) is 23.8. The topological polar surface area (TPSA) is 58.2 Å². The van der Waals surface area contributed by atoms with Crippen molar-refractivity contribution in [3.63, 3.8) is 0 Å². The maximum Gasteiger partial charge on any atom is 0.411 e. The van der Waals surface area contributed by atoms with Gasteiger partial charge in [0.05, 0.1) is 21.4 Å². The minimum absolute atomic E-state index is 0.157. The van der Waals surface area contributed by atoms with E-state index in [0.29, 0.717) is 24.3 Å². The number of anilines is 2. The zero-order valence-electron chi connectivity index (χ0n) is 15.8. The lowest BCUT2D eigenvalue weighted by Gasteiger charge is -2.38. The molecule has 0 bridgehead atoms. The van der Waals surface area contributed by atoms with Crippen molar-refractivity contribution >= 4 is 46.4 Å². The Kier molecular flexibility index (Phi) is 6.87. The Bertz CT molecular complexity index is 940. The smallest absolute Gasteiger partial charge is 0.325 e. The number of carbonyl (C=O) groups is 2. The summed E-state index contributed by atoms with van der Waals surface area (Å²) in [5.41, 5.74) is -7.26. The molecule has 0 spiro atoms. The summed E-state index contributed by atoms with van der Waals surface area (Å²) in [5, 5.41) is 3.37. The Morgan fingerprint density at radius 1 is 0.710 bits per heavy atom. The van der Waals surface area contributed by atoms with E-state index in [-0.39, 0.29) is 11.4 Å². The Morgan fingerprint density at radius 2 is 1.03 bits per heavy atom. The van der Waals surface area contributed by atoms with Crippen LogP contribution in [0.3, 0.4) is 0 Å². The summed E-state index contributed by atoms with van der Waals surface area (Å²) in [7, 11) is 0. The Morgan fingerprint density at radius 3 is 1.26 bits per heavy atom. The van der Waals surface area contributed by atoms with Crippen molar-refractivity contribution in [2.75, 3.05) is 10.6 Å². The van der Waals surface area contributed by atoms with E-state index >= 15 is 0 Å². The first kappa shape index (κ1) is 24.8. The molecule has 0 fully saturated rings. The van der Waals surface area contributed by atoms with Crippen molar-refractivity contribution in [1.29, 1.82) is 0 Å². The molecule has 2 aromatic rings. The predicted octanol–water partition coefficient (Wildman–Crippen LogP) is 6.32. The van der Waals surface area contributed by atoms with Gasteiger partial charge in [-0.15, -0.1) is 0 Å². The molecular weight excluding hydrogens is 473 g/mol. The van der Waals surface area contributed by atoms with Crippen molar-refractivity contribution in [2.45, 2.75) is 31.6 Å². The van der Waals surface area contributed by atoms with Gasteiger partial charge in [0, 0.05) is 13.8 Å². The Labute approximate surface area is 182 Å². The standard InChI is InChI=1S/C19H14Cl2F6N2O2/c1-9(30)28-15-5-3-11(7-13(15)20)17(18(22,23)24,19(25,26)27)12-4-6-16(14(21)8-12)29-10(2)31/h3-8H,1-2H3,(H,28,30)(H,29,31). The maximum atomic E-state index is 14.2. The van der Waals surface area contributed by atoms with Gasteiger partial charge in [-0.3, -0.25) is 9.59 Å². The first-order valence-corrected chi connectivity index (χ1v) is 9.15. The quantitative estimate of drug-likeness (QED) is 0.496. The highest BCUT2D eigenvalue weighted by Crippen LogP contribution is 2.57. The summed E-state index contributed by atoms with van der Waals surface area (Å²) >= 11 is 11.7. The van der Waals surface area contributed by atoms with E-state index in [1.165, 1.54) is 0 Å². The van der Waals surface area contributed by atoms with Crippen LogP contribution in [0.5, 0.6) is 0 Å². The average molecular weight is 487 g/mol. The third-order valence-corrected chi connectivity index (χ3v) is 4.90. The lowest BCUT2D eigenvalue weighted by atomic mass is 9.72. The summed E-state index contributed by atoms with van der Waals surface area (Å²) < 4.78 is 85.1. The summed E-state index contributed by atoms with van der Waals surface area (Å²) in [6, 6.07) is 3.82. The molecule has 0 heterocycles. The second kappa shape index (κ2) is 8.58. The minimum atomic E-state index is -5.86. The van der Waals surface area contributed by atoms with Gasteiger partial charge in [0.1, 0.15) is 0 Å². The number of nitrogens with one attached hydrogen (secondary N) is 2. The second-order valence-corrected chi connectivity index (χ2v) is 7.31. The van der Waals surface area contributed by atoms with Crippen LogP contribution in [-0.2, 0) is 15.0 Å². The molecule has 0 aromatic heterocycles. The van der Waals surface area contributed by atoms with Gasteiger partial charge < -0.3 is 10.6 Å². The van der Waals surface area contributed by atoms with Gasteiger partial charge in [-0.2, -0.15) is 26.3 Å². The molecular formula is C19H14Cl2F6N2O2. The molecule has 0 radical (unpaired) electrons. The van der Waals surface area contributed by atoms with Crippen LogP contribution >= 0.6 is 23.2 Å². The summed E-state index contributed by atoms with van der Waals surface area (Å²) in [4.78, 5) is 22.3. The highest BCUT2D eigenvalue weighted by atomic mass is 35.5. The van der Waals surface area contributed by atoms with Crippen LogP contribution in [0, 0.1) is 0 Å². The largest absolute Gasteiger partial charge is 0.411 e.